The number of fused-ring (bicyclic) bond motifs is 7. The number of aliphatic hydroxyl groups excluding tert-OH is 1. The van der Waals surface area contributed by atoms with E-state index in [1.54, 1.807) is 0 Å². The van der Waals surface area contributed by atoms with Crippen LogP contribution in [-0.4, -0.2) is 34.1 Å². The van der Waals surface area contributed by atoms with Gasteiger partial charge in [0.1, 0.15) is 0 Å². The predicted molar refractivity (Wildman–Crippen MR) is 140 cm³/mol. The topological polar surface area (TPSA) is 85.4 Å². The maximum atomic E-state index is 10.5. The lowest BCUT2D eigenvalue weighted by Gasteiger charge is -2.72. The van der Waals surface area contributed by atoms with Crippen molar-refractivity contribution in [3.63, 3.8) is 0 Å². The SMILES string of the molecule is C=C(C)[C@@H]1CC[C@]2(/C=N/O)CC[C@]3(C)[C@H](CC[C@@H]4[C@@]5(C)CC/C(=N/O)C(C)(CO)[C@@H]5CC[C@]43C)[C@@H]12. The van der Waals surface area contributed by atoms with Crippen molar-refractivity contribution in [3.8, 4) is 0 Å². The smallest absolute Gasteiger partial charge is 0.0655 e. The van der Waals surface area contributed by atoms with Gasteiger partial charge in [0.15, 0.2) is 0 Å². The van der Waals surface area contributed by atoms with Crippen molar-refractivity contribution in [2.24, 2.45) is 67.0 Å². The molecule has 0 aromatic carbocycles. The normalized spacial score (nSPS) is 54.7. The van der Waals surface area contributed by atoms with Crippen molar-refractivity contribution in [1.82, 2.24) is 0 Å². The number of hydrogen-bond acceptors (Lipinski definition) is 5. The molecule has 0 aliphatic heterocycles. The van der Waals surface area contributed by atoms with E-state index in [-0.39, 0.29) is 28.3 Å². The Morgan fingerprint density at radius 3 is 2.31 bits per heavy atom. The van der Waals surface area contributed by atoms with Gasteiger partial charge >= 0.3 is 0 Å². The lowest BCUT2D eigenvalue weighted by atomic mass is 9.32. The Bertz CT molecular complexity index is 946. The standard InChI is InChI=1S/C30H48N2O3/c1-19(2)20-9-14-30(17-31-34)16-15-28(5)21(25(20)30)7-8-23-26(3)12-11-24(32-35)27(4,18-33)22(26)10-13-29(23,28)6/h17,20-23,25,33-35H,1,7-16,18H2,2-6H3/b31-17+,32-24-/t20-,21+,22+,23+,25+,26-,27?,28+,29+,30+/m0/s1. The molecule has 5 nitrogen and oxygen atoms in total. The fraction of sp³-hybridized carbons (Fsp3) is 0.867. The molecule has 5 fully saturated rings. The van der Waals surface area contributed by atoms with Crippen LogP contribution in [0.2, 0.25) is 0 Å². The first-order valence-corrected chi connectivity index (χ1v) is 14.1. The molecule has 5 heteroatoms. The molecule has 0 aromatic heterocycles. The van der Waals surface area contributed by atoms with E-state index >= 15 is 0 Å². The van der Waals surface area contributed by atoms with Crippen molar-refractivity contribution in [3.05, 3.63) is 12.2 Å². The van der Waals surface area contributed by atoms with E-state index in [9.17, 15) is 15.5 Å². The Labute approximate surface area is 212 Å². The second kappa shape index (κ2) is 8.07. The Balaban J connectivity index is 1.56. The molecule has 0 amide bonds. The van der Waals surface area contributed by atoms with Gasteiger partial charge in [0.05, 0.1) is 18.5 Å². The summed E-state index contributed by atoms with van der Waals surface area (Å²) in [7, 11) is 0. The summed E-state index contributed by atoms with van der Waals surface area (Å²) in [5.74, 6) is 2.59. The van der Waals surface area contributed by atoms with Crippen LogP contribution in [0, 0.1) is 56.7 Å². The molecule has 35 heavy (non-hydrogen) atoms. The third-order valence-electron chi connectivity index (χ3n) is 13.5. The first-order valence-electron chi connectivity index (χ1n) is 14.1. The number of allylic oxidation sites excluding steroid dienone is 1. The van der Waals surface area contributed by atoms with E-state index in [1.807, 2.05) is 6.21 Å². The van der Waals surface area contributed by atoms with Gasteiger partial charge < -0.3 is 15.5 Å². The zero-order valence-electron chi connectivity index (χ0n) is 22.7. The van der Waals surface area contributed by atoms with Crippen LogP contribution in [0.1, 0.15) is 98.8 Å². The molecule has 0 spiro atoms. The summed E-state index contributed by atoms with van der Waals surface area (Å²) in [5, 5.41) is 37.3. The monoisotopic (exact) mass is 484 g/mol. The van der Waals surface area contributed by atoms with Crippen LogP contribution in [0.3, 0.4) is 0 Å². The zero-order valence-corrected chi connectivity index (χ0v) is 22.7. The molecular formula is C30H48N2O3. The Hall–Kier alpha value is -1.36. The van der Waals surface area contributed by atoms with Crippen LogP contribution in [0.5, 0.6) is 0 Å². The molecule has 0 heterocycles. The molecule has 0 bridgehead atoms. The van der Waals surface area contributed by atoms with Crippen LogP contribution in [0.4, 0.5) is 0 Å². The largest absolute Gasteiger partial charge is 0.411 e. The van der Waals surface area contributed by atoms with Crippen LogP contribution in [-0.2, 0) is 0 Å². The molecular weight excluding hydrogens is 436 g/mol. The van der Waals surface area contributed by atoms with E-state index in [0.717, 1.165) is 44.2 Å². The first kappa shape index (κ1) is 25.3. The van der Waals surface area contributed by atoms with E-state index in [0.29, 0.717) is 29.6 Å². The highest BCUT2D eigenvalue weighted by Gasteiger charge is 2.71. The number of rotatable bonds is 3. The number of oxime groups is 2. The molecule has 0 aromatic rings. The average molecular weight is 485 g/mol. The van der Waals surface area contributed by atoms with Crippen molar-refractivity contribution in [1.29, 1.82) is 0 Å². The van der Waals surface area contributed by atoms with Crippen molar-refractivity contribution >= 4 is 11.9 Å². The van der Waals surface area contributed by atoms with Crippen LogP contribution in [0.25, 0.3) is 0 Å². The number of nitrogens with zero attached hydrogens (tertiary/aromatic N) is 2. The van der Waals surface area contributed by atoms with Gasteiger partial charge in [0, 0.05) is 10.8 Å². The first-order chi connectivity index (χ1) is 16.5. The highest BCUT2D eigenvalue weighted by Crippen LogP contribution is 2.77. The van der Waals surface area contributed by atoms with E-state index in [1.165, 1.54) is 31.3 Å². The third kappa shape index (κ3) is 3.03. The highest BCUT2D eigenvalue weighted by atomic mass is 16.4. The van der Waals surface area contributed by atoms with Crippen LogP contribution in [0.15, 0.2) is 22.5 Å². The minimum atomic E-state index is -0.434. The van der Waals surface area contributed by atoms with Gasteiger partial charge in [-0.1, -0.05) is 45.0 Å². The van der Waals surface area contributed by atoms with E-state index in [4.69, 9.17) is 0 Å². The fourth-order valence-electron chi connectivity index (χ4n) is 11.5. The molecule has 5 aliphatic rings. The molecule has 1 unspecified atom stereocenters. The lowest BCUT2D eigenvalue weighted by molar-refractivity contribution is -0.225. The summed E-state index contributed by atoms with van der Waals surface area (Å²) in [4.78, 5) is 0. The minimum Gasteiger partial charge on any atom is -0.411 e. The zero-order chi connectivity index (χ0) is 25.4. The van der Waals surface area contributed by atoms with Gasteiger partial charge in [-0.3, -0.25) is 0 Å². The summed E-state index contributed by atoms with van der Waals surface area (Å²) in [6.45, 7) is 16.5. The second-order valence-electron chi connectivity index (χ2n) is 14.3. The average Bonchev–Trinajstić information content (AvgIpc) is 3.19. The number of aliphatic hydroxyl groups is 1. The van der Waals surface area contributed by atoms with Crippen molar-refractivity contribution < 1.29 is 15.5 Å². The van der Waals surface area contributed by atoms with Crippen LogP contribution >= 0.6 is 0 Å². The highest BCUT2D eigenvalue weighted by molar-refractivity contribution is 5.91. The Kier molecular flexibility index (Phi) is 5.83. The summed E-state index contributed by atoms with van der Waals surface area (Å²) < 4.78 is 0. The molecule has 0 radical (unpaired) electrons. The maximum Gasteiger partial charge on any atom is 0.0655 e. The minimum absolute atomic E-state index is 0.0135. The second-order valence-corrected chi connectivity index (χ2v) is 14.3. The van der Waals surface area contributed by atoms with Crippen molar-refractivity contribution in [2.45, 2.75) is 98.8 Å². The van der Waals surface area contributed by atoms with Crippen molar-refractivity contribution in [2.75, 3.05) is 6.61 Å². The summed E-state index contributed by atoms with van der Waals surface area (Å²) in [6.07, 6.45) is 13.0. The van der Waals surface area contributed by atoms with Gasteiger partial charge in [0.2, 0.25) is 0 Å². The third-order valence-corrected chi connectivity index (χ3v) is 13.5. The maximum absolute atomic E-state index is 10.5. The summed E-state index contributed by atoms with van der Waals surface area (Å²) in [5.41, 5.74) is 2.29. The molecule has 0 saturated heterocycles. The lowest BCUT2D eigenvalue weighted by Crippen LogP contribution is -2.67. The van der Waals surface area contributed by atoms with Gasteiger partial charge in [-0.25, -0.2) is 0 Å². The van der Waals surface area contributed by atoms with Crippen LogP contribution < -0.4 is 0 Å². The Morgan fingerprint density at radius 1 is 0.943 bits per heavy atom. The van der Waals surface area contributed by atoms with E-state index < -0.39 is 5.41 Å². The quantitative estimate of drug-likeness (QED) is 0.176. The fourth-order valence-corrected chi connectivity index (χ4v) is 11.5. The predicted octanol–water partition coefficient (Wildman–Crippen LogP) is 6.91. The van der Waals surface area contributed by atoms with Gasteiger partial charge in [-0.05, 0) is 117 Å². The number of hydrogen-bond donors (Lipinski definition) is 3. The molecule has 5 aliphatic carbocycles. The molecule has 5 saturated carbocycles. The molecule has 3 N–H and O–H groups in total. The van der Waals surface area contributed by atoms with Gasteiger partial charge in [-0.2, -0.15) is 0 Å². The molecule has 5 rings (SSSR count). The molecule has 10 atom stereocenters. The summed E-state index contributed by atoms with van der Waals surface area (Å²) in [6, 6.07) is 0. The molecule has 196 valence electrons. The van der Waals surface area contributed by atoms with E-state index in [2.05, 4.69) is 51.5 Å². The Morgan fingerprint density at radius 2 is 1.69 bits per heavy atom. The van der Waals surface area contributed by atoms with Gasteiger partial charge in [-0.15, -0.1) is 5.16 Å². The summed E-state index contributed by atoms with van der Waals surface area (Å²) >= 11 is 0. The van der Waals surface area contributed by atoms with Gasteiger partial charge in [0.25, 0.3) is 0 Å².